The van der Waals surface area contributed by atoms with E-state index in [1.807, 2.05) is 6.92 Å². The fourth-order valence-electron chi connectivity index (χ4n) is 5.67. The lowest BCUT2D eigenvalue weighted by molar-refractivity contribution is -0.145. The monoisotopic (exact) mass is 694 g/mol. The molecule has 4 N–H and O–H groups in total. The molecule has 0 bridgehead atoms. The summed E-state index contributed by atoms with van der Waals surface area (Å²) in [6, 6.07) is 6.70. The Hall–Kier alpha value is -5.73. The van der Waals surface area contributed by atoms with E-state index in [0.717, 1.165) is 16.7 Å². The molecule has 2 atom stereocenters. The quantitative estimate of drug-likeness (QED) is 0.0812. The number of nitrogens with zero attached hydrogens (tertiary/aromatic N) is 5. The number of benzene rings is 2. The molecule has 0 spiro atoms. The van der Waals surface area contributed by atoms with Crippen LogP contribution in [0.3, 0.4) is 0 Å². The van der Waals surface area contributed by atoms with Gasteiger partial charge in [0.05, 0.1) is 56.0 Å². The zero-order chi connectivity index (χ0) is 36.8. The Morgan fingerprint density at radius 2 is 1.41 bits per heavy atom. The summed E-state index contributed by atoms with van der Waals surface area (Å²) in [5.41, 5.74) is 4.65. The molecular weight excluding hydrogens is 662 g/mol. The van der Waals surface area contributed by atoms with E-state index >= 15 is 0 Å². The van der Waals surface area contributed by atoms with Gasteiger partial charge in [0, 0.05) is 0 Å². The summed E-state index contributed by atoms with van der Waals surface area (Å²) in [6.07, 6.45) is 4.17. The number of esters is 1. The fourth-order valence-corrected chi connectivity index (χ4v) is 5.67. The zero-order valence-electron chi connectivity index (χ0n) is 28.0. The molecular formula is C33H32B2N6O10. The Balaban J connectivity index is 0.000000198. The van der Waals surface area contributed by atoms with Crippen LogP contribution in [0.25, 0.3) is 4.85 Å². The van der Waals surface area contributed by atoms with E-state index in [-0.39, 0.29) is 48.7 Å². The average molecular weight is 694 g/mol. The number of aliphatic carboxylic acids is 1. The van der Waals surface area contributed by atoms with Crippen molar-refractivity contribution >= 4 is 48.6 Å². The topological polar surface area (TPSA) is 221 Å². The van der Waals surface area contributed by atoms with Gasteiger partial charge in [-0.05, 0) is 85.1 Å². The zero-order valence-corrected chi connectivity index (χ0v) is 28.0. The summed E-state index contributed by atoms with van der Waals surface area (Å²) < 4.78 is 27.1. The number of rotatable bonds is 10. The number of carboxylic acids is 1. The molecule has 2 aliphatic rings. The predicted molar refractivity (Wildman–Crippen MR) is 182 cm³/mol. The molecule has 51 heavy (non-hydrogen) atoms. The molecule has 0 radical (unpaired) electrons. The fraction of sp³-hybridized carbons (Fsp3) is 0.273. The molecule has 2 aromatic carbocycles. The number of nitrogens with one attached hydrogen (secondary N) is 1. The number of carbonyl (C=O) groups is 2. The van der Waals surface area contributed by atoms with Crippen LogP contribution in [0, 0.1) is 25.8 Å². The summed E-state index contributed by atoms with van der Waals surface area (Å²) in [5.74, 6) is -0.0185. The smallest absolute Gasteiger partial charge is 0.481 e. The third-order valence-electron chi connectivity index (χ3n) is 7.72. The van der Waals surface area contributed by atoms with Crippen molar-refractivity contribution in [1.82, 2.24) is 19.9 Å². The summed E-state index contributed by atoms with van der Waals surface area (Å²) in [5, 5.41) is 36.8. The van der Waals surface area contributed by atoms with E-state index < -0.39 is 32.4 Å². The molecule has 2 unspecified atom stereocenters. The van der Waals surface area contributed by atoms with Gasteiger partial charge in [0.25, 0.3) is 5.82 Å². The third-order valence-corrected chi connectivity index (χ3v) is 7.72. The van der Waals surface area contributed by atoms with Gasteiger partial charge in [0.15, 0.2) is 0 Å². The van der Waals surface area contributed by atoms with E-state index in [9.17, 15) is 19.6 Å². The highest BCUT2D eigenvalue weighted by molar-refractivity contribution is 6.62. The van der Waals surface area contributed by atoms with Crippen molar-refractivity contribution in [3.63, 3.8) is 0 Å². The van der Waals surface area contributed by atoms with Gasteiger partial charge in [-0.25, -0.2) is 4.98 Å². The Bertz CT molecular complexity index is 2030. The molecule has 16 nitrogen and oxygen atoms in total. The summed E-state index contributed by atoms with van der Waals surface area (Å²) in [7, 11) is -2.37. The lowest BCUT2D eigenvalue weighted by Crippen LogP contribution is -2.28. The summed E-state index contributed by atoms with van der Waals surface area (Å²) >= 11 is 0. The number of carboxylic acid groups (broad SMARTS) is 1. The summed E-state index contributed by atoms with van der Waals surface area (Å²) in [6.45, 7) is 14.2. The van der Waals surface area contributed by atoms with Gasteiger partial charge >= 0.3 is 32.1 Å². The Morgan fingerprint density at radius 3 is 1.92 bits per heavy atom. The minimum absolute atomic E-state index is 0.0253. The van der Waals surface area contributed by atoms with E-state index in [4.69, 9.17) is 40.6 Å². The van der Waals surface area contributed by atoms with Crippen LogP contribution in [0.15, 0.2) is 49.1 Å². The van der Waals surface area contributed by atoms with E-state index in [0.29, 0.717) is 33.7 Å². The first-order valence-electron chi connectivity index (χ1n) is 15.6. The highest BCUT2D eigenvalue weighted by atomic mass is 16.6. The largest absolute Gasteiger partial charge is 0.492 e. The minimum Gasteiger partial charge on any atom is -0.481 e. The molecule has 4 heterocycles. The van der Waals surface area contributed by atoms with Crippen LogP contribution in [-0.4, -0.2) is 73.6 Å². The number of hydrogen-bond donors (Lipinski definition) is 4. The molecule has 4 aromatic rings. The molecule has 0 amide bonds. The maximum Gasteiger partial charge on any atom is 0.492 e. The van der Waals surface area contributed by atoms with E-state index in [1.165, 1.54) is 24.8 Å². The predicted octanol–water partition coefficient (Wildman–Crippen LogP) is 3.04. The highest BCUT2D eigenvalue weighted by Gasteiger charge is 2.39. The Morgan fingerprint density at radius 1 is 0.882 bits per heavy atom. The number of fused-ring (bicyclic) bond motifs is 2. The maximum atomic E-state index is 11.7. The standard InChI is InChI=1S/C17H16BN3O5.C16H16BN3O5/c1-4-24-16(22)7-13-17-10(2)5-11(6-12(17)18(23)26-13)25-15-9-20-8-14(19-3)21-15;1-8-3-10(24-14-7-19-6-12(20-14)9(2)18)4-11-16(8)13(5-15(21)22)25-17(11)23/h5-6,8-9,13,23H,4,7H2,1-2H3;3-4,6-7,13,18,23H,5H2,1-2H3,(H,21,22). The Labute approximate surface area is 293 Å². The first kappa shape index (κ1) is 36.5. The van der Waals surface area contributed by atoms with Crippen LogP contribution in [0.1, 0.15) is 66.8 Å². The molecule has 0 aliphatic carbocycles. The van der Waals surface area contributed by atoms with Gasteiger partial charge in [-0.2, -0.15) is 0 Å². The minimum atomic E-state index is -1.21. The molecule has 0 saturated carbocycles. The lowest BCUT2D eigenvalue weighted by atomic mass is 9.77. The Kier molecular flexibility index (Phi) is 11.4. The van der Waals surface area contributed by atoms with Gasteiger partial charge < -0.3 is 48.9 Å². The summed E-state index contributed by atoms with van der Waals surface area (Å²) in [4.78, 5) is 42.0. The van der Waals surface area contributed by atoms with E-state index in [2.05, 4.69) is 24.8 Å². The molecule has 0 fully saturated rings. The van der Waals surface area contributed by atoms with Crippen LogP contribution < -0.4 is 20.4 Å². The van der Waals surface area contributed by atoms with Crippen molar-refractivity contribution in [2.45, 2.75) is 52.7 Å². The van der Waals surface area contributed by atoms with Crippen molar-refractivity contribution in [1.29, 1.82) is 5.41 Å². The second-order valence-electron chi connectivity index (χ2n) is 11.4. The highest BCUT2D eigenvalue weighted by Crippen LogP contribution is 2.34. The maximum absolute atomic E-state index is 11.7. The van der Waals surface area contributed by atoms with Gasteiger partial charge in [0.2, 0.25) is 5.88 Å². The van der Waals surface area contributed by atoms with Crippen molar-refractivity contribution in [3.05, 3.63) is 88.4 Å². The second kappa shape index (κ2) is 15.9. The van der Waals surface area contributed by atoms with Crippen LogP contribution in [0.4, 0.5) is 5.82 Å². The normalized spacial score (nSPS) is 15.5. The number of hydrogen-bond acceptors (Lipinski definition) is 14. The molecule has 6 rings (SSSR count). The molecule has 2 aromatic heterocycles. The second-order valence-corrected chi connectivity index (χ2v) is 11.4. The van der Waals surface area contributed by atoms with Gasteiger partial charge in [-0.15, -0.1) is 0 Å². The molecule has 260 valence electrons. The molecule has 0 saturated heterocycles. The first-order chi connectivity index (χ1) is 24.4. The molecule has 18 heteroatoms. The van der Waals surface area contributed by atoms with Gasteiger partial charge in [0.1, 0.15) is 23.4 Å². The number of carbonyl (C=O) groups excluding carboxylic acids is 1. The average Bonchev–Trinajstić information content (AvgIpc) is 3.56. The first-order valence-corrected chi connectivity index (χ1v) is 15.6. The van der Waals surface area contributed by atoms with Crippen LogP contribution in [-0.2, 0) is 23.6 Å². The van der Waals surface area contributed by atoms with E-state index in [1.54, 1.807) is 45.0 Å². The lowest BCUT2D eigenvalue weighted by Gasteiger charge is -2.14. The number of aromatic nitrogens is 4. The van der Waals surface area contributed by atoms with Gasteiger partial charge in [-0.1, -0.05) is 11.6 Å². The SMILES string of the molecule is CC(=N)c1cncc(Oc2cc(C)c3c(c2)B(O)OC3CC(=O)O)n1.[C-]#[N+]c1cncc(Oc2cc(C)c3c(c2)B(O)OC3CC(=O)OCC)n1. The van der Waals surface area contributed by atoms with Crippen LogP contribution in [0.2, 0.25) is 0 Å². The molecule has 2 aliphatic heterocycles. The third kappa shape index (κ3) is 8.71. The van der Waals surface area contributed by atoms with Crippen LogP contribution >= 0.6 is 0 Å². The van der Waals surface area contributed by atoms with Crippen LogP contribution in [0.5, 0.6) is 23.3 Å². The van der Waals surface area contributed by atoms with Crippen molar-refractivity contribution < 1.29 is 48.3 Å². The number of aryl methyl sites for hydroxylation is 2. The van der Waals surface area contributed by atoms with Crippen molar-refractivity contribution in [2.75, 3.05) is 6.61 Å². The van der Waals surface area contributed by atoms with Crippen molar-refractivity contribution in [2.24, 2.45) is 0 Å². The van der Waals surface area contributed by atoms with Crippen molar-refractivity contribution in [3.8, 4) is 23.3 Å². The number of ether oxygens (including phenoxy) is 3. The van der Waals surface area contributed by atoms with Gasteiger partial charge in [-0.3, -0.25) is 19.6 Å².